The molecule has 0 saturated carbocycles. The van der Waals surface area contributed by atoms with Gasteiger partial charge in [-0.25, -0.2) is 0 Å². The van der Waals surface area contributed by atoms with Crippen molar-refractivity contribution in [1.82, 2.24) is 0 Å². The molecule has 3 heteroatoms. The van der Waals surface area contributed by atoms with Crippen LogP contribution in [0.25, 0.3) is 0 Å². The molecule has 0 rings (SSSR count). The molecule has 0 spiro atoms. The van der Waals surface area contributed by atoms with Crippen LogP contribution in [0.4, 0.5) is 0 Å². The van der Waals surface area contributed by atoms with Gasteiger partial charge >= 0.3 is 5.97 Å². The van der Waals surface area contributed by atoms with Gasteiger partial charge in [-0.3, -0.25) is 4.79 Å². The Morgan fingerprint density at radius 3 is 1.80 bits per heavy atom. The summed E-state index contributed by atoms with van der Waals surface area (Å²) in [6.07, 6.45) is 0.344. The summed E-state index contributed by atoms with van der Waals surface area (Å²) in [7, 11) is 0. The Morgan fingerprint density at radius 1 is 1.50 bits per heavy atom. The molecule has 62 valence electrons. The van der Waals surface area contributed by atoms with Crippen LogP contribution >= 0.6 is 0 Å². The van der Waals surface area contributed by atoms with Crippen molar-refractivity contribution in [2.24, 2.45) is 11.8 Å². The summed E-state index contributed by atoms with van der Waals surface area (Å²) in [4.78, 5) is 13.6. The van der Waals surface area contributed by atoms with Gasteiger partial charge in [0, 0.05) is 6.42 Å². The smallest absolute Gasteiger partial charge is 0.324 e. The topological polar surface area (TPSA) is 52.3 Å². The molecule has 0 aromatic carbocycles. The van der Waals surface area contributed by atoms with E-state index < -0.39 is 0 Å². The molecule has 10 heavy (non-hydrogen) atoms. The molecule has 0 aliphatic carbocycles. The molecule has 0 bridgehead atoms. The van der Waals surface area contributed by atoms with E-state index in [1.807, 2.05) is 0 Å². The lowest BCUT2D eigenvalue weighted by molar-refractivity contribution is -0.143. The predicted molar refractivity (Wildman–Crippen MR) is 41.1 cm³/mol. The fraction of sp³-hybridized carbons (Fsp3) is 0.857. The maximum Gasteiger partial charge on any atom is 0.324 e. The summed E-state index contributed by atoms with van der Waals surface area (Å²) in [5.74, 6) is 4.89. The molecule has 3 nitrogen and oxygen atoms in total. The first-order valence-electron chi connectivity index (χ1n) is 3.44. The average Bonchev–Trinajstić information content (AvgIpc) is 1.85. The normalized spacial score (nSPS) is 8.20. The van der Waals surface area contributed by atoms with Gasteiger partial charge in [-0.15, -0.1) is 0 Å². The van der Waals surface area contributed by atoms with Gasteiger partial charge in [0.05, 0.1) is 0 Å². The summed E-state index contributed by atoms with van der Waals surface area (Å²) < 4.78 is 0. The highest BCUT2D eigenvalue weighted by Crippen LogP contribution is 1.81. The minimum atomic E-state index is -0.380. The Kier molecular flexibility index (Phi) is 10.2. The molecule has 0 heterocycles. The Morgan fingerprint density at radius 2 is 1.80 bits per heavy atom. The van der Waals surface area contributed by atoms with Crippen molar-refractivity contribution in [2.45, 2.75) is 34.1 Å². The molecule has 0 aromatic rings. The van der Waals surface area contributed by atoms with Crippen LogP contribution in [0.1, 0.15) is 34.1 Å². The molecule has 0 aromatic heterocycles. The number of nitrogens with two attached hydrogens (primary N) is 1. The molecule has 0 aliphatic heterocycles. The molecule has 2 N–H and O–H groups in total. The molecule has 0 atom stereocenters. The molecular formula is C7H17NO2. The lowest BCUT2D eigenvalue weighted by Gasteiger charge is -1.85. The third-order valence-corrected chi connectivity index (χ3v) is 0.420. The van der Waals surface area contributed by atoms with Gasteiger partial charge in [0.1, 0.15) is 0 Å². The van der Waals surface area contributed by atoms with Crippen LogP contribution in [0.2, 0.25) is 0 Å². The summed E-state index contributed by atoms with van der Waals surface area (Å²) in [6, 6.07) is 0. The van der Waals surface area contributed by atoms with Gasteiger partial charge in [0.25, 0.3) is 0 Å². The summed E-state index contributed by atoms with van der Waals surface area (Å²) in [5, 5.41) is 0. The van der Waals surface area contributed by atoms with E-state index in [4.69, 9.17) is 0 Å². The van der Waals surface area contributed by atoms with Crippen molar-refractivity contribution < 1.29 is 9.63 Å². The summed E-state index contributed by atoms with van der Waals surface area (Å²) in [6.45, 7) is 8.18. The molecule has 0 radical (unpaired) electrons. The Bertz CT molecular complexity index is 72.9. The van der Waals surface area contributed by atoms with Gasteiger partial charge in [-0.1, -0.05) is 27.7 Å². The minimum Gasteiger partial charge on any atom is -0.373 e. The summed E-state index contributed by atoms with van der Waals surface area (Å²) >= 11 is 0. The number of hydrogen-bond acceptors (Lipinski definition) is 3. The van der Waals surface area contributed by atoms with Gasteiger partial charge in [-0.2, -0.15) is 5.90 Å². The molecule has 0 fully saturated rings. The number of hydrogen-bond donors (Lipinski definition) is 1. The predicted octanol–water partition coefficient (Wildman–Crippen LogP) is 1.48. The highest BCUT2D eigenvalue weighted by Gasteiger charge is 1.88. The van der Waals surface area contributed by atoms with E-state index in [0.717, 1.165) is 5.92 Å². The molecule has 0 aliphatic rings. The van der Waals surface area contributed by atoms with Crippen molar-refractivity contribution in [3.05, 3.63) is 0 Å². The second kappa shape index (κ2) is 8.43. The second-order valence-corrected chi connectivity index (χ2v) is 2.58. The largest absolute Gasteiger partial charge is 0.373 e. The fourth-order valence-corrected chi connectivity index (χ4v) is 0.0833. The van der Waals surface area contributed by atoms with Gasteiger partial charge in [0.15, 0.2) is 0 Å². The monoisotopic (exact) mass is 147 g/mol. The van der Waals surface area contributed by atoms with E-state index in [1.54, 1.807) is 6.92 Å². The molecular weight excluding hydrogens is 130 g/mol. The Labute approximate surface area is 62.5 Å². The van der Waals surface area contributed by atoms with Crippen LogP contribution in [0.5, 0.6) is 0 Å². The van der Waals surface area contributed by atoms with Gasteiger partial charge in [0.2, 0.25) is 0 Å². The first kappa shape index (κ1) is 12.1. The zero-order chi connectivity index (χ0) is 8.57. The first-order chi connectivity index (χ1) is 4.54. The number of carbonyl (C=O) groups excluding carboxylic acids is 1. The zero-order valence-electron chi connectivity index (χ0n) is 7.18. The third-order valence-electron chi connectivity index (χ3n) is 0.420. The highest BCUT2D eigenvalue weighted by atomic mass is 16.7. The van der Waals surface area contributed by atoms with Gasteiger partial charge in [-0.05, 0) is 5.92 Å². The van der Waals surface area contributed by atoms with Crippen LogP contribution in [0, 0.1) is 5.92 Å². The molecule has 0 amide bonds. The van der Waals surface area contributed by atoms with Crippen LogP contribution in [0.15, 0.2) is 0 Å². The van der Waals surface area contributed by atoms with E-state index in [-0.39, 0.29) is 5.97 Å². The maximum absolute atomic E-state index is 9.83. The van der Waals surface area contributed by atoms with Gasteiger partial charge < -0.3 is 4.84 Å². The average molecular weight is 147 g/mol. The lowest BCUT2D eigenvalue weighted by Crippen LogP contribution is -2.07. The van der Waals surface area contributed by atoms with Crippen LogP contribution in [-0.4, -0.2) is 5.97 Å². The van der Waals surface area contributed by atoms with Crippen LogP contribution < -0.4 is 5.90 Å². The number of rotatable bonds is 1. The highest BCUT2D eigenvalue weighted by molar-refractivity contribution is 5.68. The SMILES string of the molecule is CC(C)C.CCC(=O)ON. The van der Waals surface area contributed by atoms with Crippen molar-refractivity contribution in [3.63, 3.8) is 0 Å². The summed E-state index contributed by atoms with van der Waals surface area (Å²) in [5.41, 5.74) is 0. The quantitative estimate of drug-likeness (QED) is 0.571. The zero-order valence-corrected chi connectivity index (χ0v) is 7.18. The molecule has 0 unspecified atom stereocenters. The van der Waals surface area contributed by atoms with Crippen molar-refractivity contribution >= 4 is 5.97 Å². The maximum atomic E-state index is 9.83. The molecule has 0 saturated heterocycles. The van der Waals surface area contributed by atoms with E-state index >= 15 is 0 Å². The number of carbonyl (C=O) groups is 1. The minimum absolute atomic E-state index is 0.344. The third kappa shape index (κ3) is 26.1. The standard InChI is InChI=1S/C4H10.C3H7NO2/c1-4(2)3;1-2-3(5)6-4/h4H,1-3H3;2,4H2,1H3. The van der Waals surface area contributed by atoms with Crippen LogP contribution in [0.3, 0.4) is 0 Å². The van der Waals surface area contributed by atoms with Crippen molar-refractivity contribution in [3.8, 4) is 0 Å². The van der Waals surface area contributed by atoms with E-state index in [9.17, 15) is 4.79 Å². The van der Waals surface area contributed by atoms with Crippen LogP contribution in [-0.2, 0) is 9.63 Å². The van der Waals surface area contributed by atoms with Crippen molar-refractivity contribution in [2.75, 3.05) is 0 Å². The van der Waals surface area contributed by atoms with Crippen molar-refractivity contribution in [1.29, 1.82) is 0 Å². The Hall–Kier alpha value is -0.570. The van der Waals surface area contributed by atoms with E-state index in [1.165, 1.54) is 0 Å². The lowest BCUT2D eigenvalue weighted by atomic mass is 10.3. The van der Waals surface area contributed by atoms with E-state index in [0.29, 0.717) is 6.42 Å². The fourth-order valence-electron chi connectivity index (χ4n) is 0.0833. The first-order valence-corrected chi connectivity index (χ1v) is 3.44. The second-order valence-electron chi connectivity index (χ2n) is 2.58. The Balaban J connectivity index is 0. The van der Waals surface area contributed by atoms with E-state index in [2.05, 4.69) is 31.5 Å².